The minimum Gasteiger partial charge on any atom is -0.308 e. The number of nitrogens with zero attached hydrogens (tertiary/aromatic N) is 1. The molecule has 0 aliphatic carbocycles. The fourth-order valence-corrected chi connectivity index (χ4v) is 1.78. The van der Waals surface area contributed by atoms with E-state index in [1.54, 1.807) is 24.3 Å². The molecule has 2 N–H and O–H groups in total. The van der Waals surface area contributed by atoms with Crippen molar-refractivity contribution in [2.45, 2.75) is 6.18 Å². The van der Waals surface area contributed by atoms with Gasteiger partial charge in [0.15, 0.2) is 0 Å². The van der Waals surface area contributed by atoms with Gasteiger partial charge in [-0.15, -0.1) is 0 Å². The number of rotatable bonds is 1. The lowest BCUT2D eigenvalue weighted by molar-refractivity contribution is -0.622. The van der Waals surface area contributed by atoms with Gasteiger partial charge >= 0.3 is 6.18 Å². The average molecular weight is 276 g/mol. The Bertz CT molecular complexity index is 489. The highest BCUT2D eigenvalue weighted by Crippen LogP contribution is 2.22. The number of allylic oxidation sites excluding steroid dienone is 2. The number of aliphatic imine (C=N–C) groups is 1. The van der Waals surface area contributed by atoms with Crippen molar-refractivity contribution in [2.75, 3.05) is 13.1 Å². The monoisotopic (exact) mass is 275 g/mol. The molecule has 1 aliphatic heterocycles. The van der Waals surface area contributed by atoms with Gasteiger partial charge in [0.05, 0.1) is 12.3 Å². The van der Waals surface area contributed by atoms with E-state index in [0.717, 1.165) is 6.08 Å². The Morgan fingerprint density at radius 3 is 2.44 bits per heavy atom. The quantitative estimate of drug-likeness (QED) is 0.814. The largest absolute Gasteiger partial charge is 0.466 e. The SMILES string of the molecule is FC(F)(F)C1=CC(c2ccc(Cl)cc2)=NCC[NH2+]1. The summed E-state index contributed by atoms with van der Waals surface area (Å²) in [6, 6.07) is 6.60. The Labute approximate surface area is 107 Å². The molecular formula is C12H11ClF3N2+. The zero-order valence-electron chi connectivity index (χ0n) is 9.34. The Hall–Kier alpha value is -1.33. The van der Waals surface area contributed by atoms with Crippen molar-refractivity contribution in [3.8, 4) is 0 Å². The first-order valence-electron chi connectivity index (χ1n) is 5.39. The summed E-state index contributed by atoms with van der Waals surface area (Å²) in [6.07, 6.45) is -3.26. The summed E-state index contributed by atoms with van der Waals surface area (Å²) in [4.78, 5) is 4.15. The molecule has 2 rings (SSSR count). The van der Waals surface area contributed by atoms with Crippen molar-refractivity contribution in [3.63, 3.8) is 0 Å². The van der Waals surface area contributed by atoms with Gasteiger partial charge in [-0.05, 0) is 17.7 Å². The minimum absolute atomic E-state index is 0.294. The maximum atomic E-state index is 12.7. The normalized spacial score (nSPS) is 16.9. The molecule has 96 valence electrons. The van der Waals surface area contributed by atoms with Crippen LogP contribution in [0.15, 0.2) is 41.0 Å². The Balaban J connectivity index is 2.36. The summed E-state index contributed by atoms with van der Waals surface area (Å²) in [5.74, 6) is 0. The van der Waals surface area contributed by atoms with Crippen LogP contribution in [0.5, 0.6) is 0 Å². The second kappa shape index (κ2) is 5.12. The van der Waals surface area contributed by atoms with Crippen molar-refractivity contribution in [1.82, 2.24) is 0 Å². The minimum atomic E-state index is -4.34. The van der Waals surface area contributed by atoms with Crippen molar-refractivity contribution in [2.24, 2.45) is 4.99 Å². The van der Waals surface area contributed by atoms with Gasteiger partial charge in [-0.3, -0.25) is 4.99 Å². The van der Waals surface area contributed by atoms with E-state index in [2.05, 4.69) is 4.99 Å². The number of halogens is 4. The first kappa shape index (κ1) is 13.1. The summed E-state index contributed by atoms with van der Waals surface area (Å²) in [7, 11) is 0. The van der Waals surface area contributed by atoms with Crippen molar-refractivity contribution in [3.05, 3.63) is 46.6 Å². The standard InChI is InChI=1S/C12H10ClF3N2/c13-9-3-1-8(2-4-9)10-7-11(12(14,15)16)18-6-5-17-10/h1-4,7,18H,5-6H2/p+1. The van der Waals surface area contributed by atoms with Crippen LogP contribution in [-0.2, 0) is 0 Å². The third-order valence-electron chi connectivity index (χ3n) is 2.54. The third-order valence-corrected chi connectivity index (χ3v) is 2.79. The highest BCUT2D eigenvalue weighted by atomic mass is 35.5. The van der Waals surface area contributed by atoms with Crippen LogP contribution in [0.25, 0.3) is 0 Å². The molecule has 1 heterocycles. The van der Waals surface area contributed by atoms with Crippen LogP contribution in [0.1, 0.15) is 5.56 Å². The van der Waals surface area contributed by atoms with Gasteiger partial charge in [0.25, 0.3) is 0 Å². The molecule has 0 amide bonds. The maximum absolute atomic E-state index is 12.7. The molecule has 18 heavy (non-hydrogen) atoms. The summed E-state index contributed by atoms with van der Waals surface area (Å²) in [6.45, 7) is 0.649. The van der Waals surface area contributed by atoms with E-state index in [1.807, 2.05) is 0 Å². The highest BCUT2D eigenvalue weighted by Gasteiger charge is 2.38. The average Bonchev–Trinajstić information content (AvgIpc) is 2.55. The molecule has 0 fully saturated rings. The zero-order valence-corrected chi connectivity index (χ0v) is 10.1. The van der Waals surface area contributed by atoms with E-state index >= 15 is 0 Å². The Morgan fingerprint density at radius 1 is 1.17 bits per heavy atom. The molecule has 1 aliphatic rings. The van der Waals surface area contributed by atoms with E-state index < -0.39 is 11.9 Å². The molecule has 2 nitrogen and oxygen atoms in total. The zero-order chi connectivity index (χ0) is 13.2. The van der Waals surface area contributed by atoms with Crippen LogP contribution < -0.4 is 5.32 Å². The van der Waals surface area contributed by atoms with E-state index in [4.69, 9.17) is 11.6 Å². The molecule has 1 aromatic carbocycles. The molecule has 0 atom stereocenters. The van der Waals surface area contributed by atoms with E-state index in [1.165, 1.54) is 5.32 Å². The Morgan fingerprint density at radius 2 is 1.83 bits per heavy atom. The van der Waals surface area contributed by atoms with Crippen molar-refractivity contribution in [1.29, 1.82) is 0 Å². The van der Waals surface area contributed by atoms with E-state index in [9.17, 15) is 13.2 Å². The van der Waals surface area contributed by atoms with Gasteiger partial charge < -0.3 is 5.32 Å². The first-order valence-corrected chi connectivity index (χ1v) is 5.77. The van der Waals surface area contributed by atoms with Gasteiger partial charge in [0.2, 0.25) is 5.70 Å². The molecule has 1 aromatic rings. The number of quaternary nitrogens is 1. The third kappa shape index (κ3) is 3.11. The second-order valence-electron chi connectivity index (χ2n) is 3.86. The highest BCUT2D eigenvalue weighted by molar-refractivity contribution is 6.30. The fraction of sp³-hybridized carbons (Fsp3) is 0.250. The molecule has 0 saturated heterocycles. The number of alkyl halides is 3. The lowest BCUT2D eigenvalue weighted by Gasteiger charge is -2.07. The van der Waals surface area contributed by atoms with Gasteiger partial charge in [-0.2, -0.15) is 13.2 Å². The predicted molar refractivity (Wildman–Crippen MR) is 63.8 cm³/mol. The molecule has 0 saturated carbocycles. The maximum Gasteiger partial charge on any atom is 0.466 e. The summed E-state index contributed by atoms with van der Waals surface area (Å²) in [5.41, 5.74) is 0.331. The summed E-state index contributed by atoms with van der Waals surface area (Å²) in [5, 5.41) is 1.71. The number of benzene rings is 1. The molecular weight excluding hydrogens is 265 g/mol. The van der Waals surface area contributed by atoms with Crippen LogP contribution in [0, 0.1) is 0 Å². The molecule has 0 radical (unpaired) electrons. The van der Waals surface area contributed by atoms with Crippen LogP contribution in [0.3, 0.4) is 0 Å². The van der Waals surface area contributed by atoms with E-state index in [-0.39, 0.29) is 0 Å². The van der Waals surface area contributed by atoms with Crippen molar-refractivity contribution < 1.29 is 18.5 Å². The van der Waals surface area contributed by atoms with E-state index in [0.29, 0.717) is 29.4 Å². The van der Waals surface area contributed by atoms with Crippen LogP contribution >= 0.6 is 11.6 Å². The molecule has 6 heteroatoms. The number of hydrogen-bond donors (Lipinski definition) is 1. The topological polar surface area (TPSA) is 29.0 Å². The first-order chi connectivity index (χ1) is 8.47. The molecule has 0 unspecified atom stereocenters. The second-order valence-corrected chi connectivity index (χ2v) is 4.30. The van der Waals surface area contributed by atoms with Crippen LogP contribution in [0.2, 0.25) is 5.02 Å². The predicted octanol–water partition coefficient (Wildman–Crippen LogP) is 2.15. The van der Waals surface area contributed by atoms with Crippen molar-refractivity contribution >= 4 is 17.3 Å². The lowest BCUT2D eigenvalue weighted by atomic mass is 10.1. The van der Waals surface area contributed by atoms with Gasteiger partial charge in [0, 0.05) is 11.1 Å². The van der Waals surface area contributed by atoms with Gasteiger partial charge in [-0.25, -0.2) is 0 Å². The fourth-order valence-electron chi connectivity index (χ4n) is 1.65. The van der Waals surface area contributed by atoms with Crippen LogP contribution in [-0.4, -0.2) is 25.0 Å². The Kier molecular flexibility index (Phi) is 3.73. The molecule has 0 spiro atoms. The molecule has 0 bridgehead atoms. The number of hydrogen-bond acceptors (Lipinski definition) is 1. The summed E-state index contributed by atoms with van der Waals surface area (Å²) >= 11 is 5.74. The molecule has 0 aromatic heterocycles. The smallest absolute Gasteiger partial charge is 0.308 e. The lowest BCUT2D eigenvalue weighted by Crippen LogP contribution is -2.85. The number of nitrogens with two attached hydrogens (primary N) is 1. The summed E-state index contributed by atoms with van der Waals surface area (Å²) < 4.78 is 38.1. The van der Waals surface area contributed by atoms with Gasteiger partial charge in [0.1, 0.15) is 6.54 Å². The van der Waals surface area contributed by atoms with Gasteiger partial charge in [-0.1, -0.05) is 23.7 Å². The van der Waals surface area contributed by atoms with Crippen LogP contribution in [0.4, 0.5) is 13.2 Å².